The van der Waals surface area contributed by atoms with Gasteiger partial charge in [-0.3, -0.25) is 9.59 Å². The van der Waals surface area contributed by atoms with Gasteiger partial charge in [0, 0.05) is 44.4 Å². The molecular weight excluding hydrogens is 758 g/mol. The Morgan fingerprint density at radius 1 is 0.931 bits per heavy atom. The highest BCUT2D eigenvalue weighted by atomic mass is 16.8. The lowest BCUT2D eigenvalue weighted by Gasteiger charge is -2.50. The van der Waals surface area contributed by atoms with Crippen molar-refractivity contribution in [2.75, 3.05) is 34.9 Å². The van der Waals surface area contributed by atoms with Crippen molar-refractivity contribution < 1.29 is 72.3 Å². The molecule has 3 saturated heterocycles. The number of methoxy groups -OCH3 is 2. The molecule has 0 radical (unpaired) electrons. The second-order valence-corrected chi connectivity index (χ2v) is 17.6. The highest BCUT2D eigenvalue weighted by Crippen LogP contribution is 2.42. The third-order valence-corrected chi connectivity index (χ3v) is 12.8. The summed E-state index contributed by atoms with van der Waals surface area (Å²) in [6.07, 6.45) is -8.86. The van der Waals surface area contributed by atoms with Crippen molar-refractivity contribution >= 4 is 17.9 Å². The number of cyclic esters (lactones) is 1. The molecule has 16 nitrogen and oxygen atoms in total. The molecule has 3 rings (SSSR count). The molecule has 18 atom stereocenters. The number of hydrogen-bond donors (Lipinski definition) is 3. The van der Waals surface area contributed by atoms with E-state index in [1.165, 1.54) is 27.2 Å². The average Bonchev–Trinajstić information content (AvgIpc) is 3.17. The van der Waals surface area contributed by atoms with E-state index in [0.717, 1.165) is 0 Å². The van der Waals surface area contributed by atoms with Gasteiger partial charge in [0.1, 0.15) is 35.8 Å². The summed E-state index contributed by atoms with van der Waals surface area (Å²) in [6, 6.07) is -0.313. The number of aliphatic hydroxyl groups excluding tert-OH is 2. The summed E-state index contributed by atoms with van der Waals surface area (Å²) in [6.45, 7) is 20.4. The zero-order valence-corrected chi connectivity index (χ0v) is 37.2. The van der Waals surface area contributed by atoms with Crippen LogP contribution in [0.4, 0.5) is 4.79 Å². The molecule has 0 aliphatic carbocycles. The van der Waals surface area contributed by atoms with Crippen molar-refractivity contribution in [3.05, 3.63) is 12.7 Å². The molecule has 336 valence electrons. The molecule has 3 N–H and O–H groups in total. The highest BCUT2D eigenvalue weighted by molar-refractivity contribution is 5.83. The normalized spacial score (nSPS) is 44.9. The summed E-state index contributed by atoms with van der Waals surface area (Å²) in [4.78, 5) is 42.9. The molecule has 0 aromatic heterocycles. The van der Waals surface area contributed by atoms with Gasteiger partial charge in [0.25, 0.3) is 0 Å². The fourth-order valence-electron chi connectivity index (χ4n) is 9.06. The third-order valence-electron chi connectivity index (χ3n) is 12.8. The molecule has 0 saturated carbocycles. The maximum Gasteiger partial charge on any atom is 0.509 e. The van der Waals surface area contributed by atoms with Gasteiger partial charge in [0.15, 0.2) is 18.7 Å². The Bertz CT molecular complexity index is 1380. The number of likely N-dealkylation sites (N-methyl/N-ethyl adjacent to an activating group) is 1. The quantitative estimate of drug-likeness (QED) is 0.201. The van der Waals surface area contributed by atoms with Crippen LogP contribution < -0.4 is 0 Å². The molecule has 0 aromatic rings. The first kappa shape index (κ1) is 50.1. The molecule has 3 aliphatic rings. The van der Waals surface area contributed by atoms with Crippen LogP contribution in [0.5, 0.6) is 0 Å². The van der Waals surface area contributed by atoms with Gasteiger partial charge in [-0.1, -0.05) is 40.3 Å². The minimum Gasteiger partial charge on any atom is -0.459 e. The van der Waals surface area contributed by atoms with Crippen LogP contribution in [0.2, 0.25) is 0 Å². The van der Waals surface area contributed by atoms with Gasteiger partial charge in [-0.05, 0) is 74.9 Å². The molecule has 0 spiro atoms. The van der Waals surface area contributed by atoms with Gasteiger partial charge < -0.3 is 62.9 Å². The van der Waals surface area contributed by atoms with E-state index in [1.54, 1.807) is 48.5 Å². The average molecular weight is 832 g/mol. The summed E-state index contributed by atoms with van der Waals surface area (Å²) in [5.74, 6) is -4.71. The SMILES string of the molecule is C=CCOC(=O)O[C@@H]1[C@H](C)O[C@H](O[C@@H]2[C@@H](C)[C@H](O[C@H]3O[C@@H](C)C[C@@H](N(C)C)[C@H]3O)[C@](C)(OC)C[C@H](C)C(=O)[C@@H](C)[C@H](O)[C@@](C)(O)[C@H](CC)OC(=O)[C@@H]2C)C[C@]1(C)OC. The number of nitrogens with zero attached hydrogens (tertiary/aromatic N) is 1. The zero-order valence-electron chi connectivity index (χ0n) is 37.2. The maximum atomic E-state index is 14.3. The van der Waals surface area contributed by atoms with E-state index in [2.05, 4.69) is 6.58 Å². The number of rotatable bonds is 11. The Hall–Kier alpha value is -2.25. The van der Waals surface area contributed by atoms with Crippen LogP contribution in [-0.4, -0.2) is 157 Å². The maximum absolute atomic E-state index is 14.3. The van der Waals surface area contributed by atoms with Gasteiger partial charge in [-0.2, -0.15) is 0 Å². The standard InChI is InChI=1S/C42H73NO15/c1-16-18-52-39(48)58-36-27(8)54-30(21-41(36,10)51-15)56-33-25(6)35(57-38-32(45)28(43(12)13)19-23(4)53-38)40(9,50-14)20-22(3)31(44)24(5)34(46)42(11,49)29(17-2)55-37(47)26(33)7/h16,22-30,32-36,38,45-46,49H,1,17-21H2,2-15H3/t22-,23-,24+,25+,26+,27-,28+,29-,30+,32+,33+,34-,35-,36+,38+,40+,41-,42-/m0/s1. The largest absolute Gasteiger partial charge is 0.509 e. The zero-order chi connectivity index (χ0) is 44.1. The van der Waals surface area contributed by atoms with Gasteiger partial charge in [0.2, 0.25) is 0 Å². The van der Waals surface area contributed by atoms with E-state index in [1.807, 2.05) is 32.8 Å². The predicted molar refractivity (Wildman–Crippen MR) is 211 cm³/mol. The second-order valence-electron chi connectivity index (χ2n) is 17.6. The number of esters is 1. The smallest absolute Gasteiger partial charge is 0.459 e. The molecule has 0 aromatic carbocycles. The molecular formula is C42H73NO15. The van der Waals surface area contributed by atoms with Crippen LogP contribution in [0, 0.1) is 23.7 Å². The molecule has 3 aliphatic heterocycles. The van der Waals surface area contributed by atoms with Crippen molar-refractivity contribution in [2.45, 2.75) is 179 Å². The van der Waals surface area contributed by atoms with Gasteiger partial charge >= 0.3 is 12.1 Å². The minimum absolute atomic E-state index is 0.0414. The van der Waals surface area contributed by atoms with E-state index in [9.17, 15) is 29.7 Å². The van der Waals surface area contributed by atoms with Crippen molar-refractivity contribution in [3.63, 3.8) is 0 Å². The molecule has 58 heavy (non-hydrogen) atoms. The van der Waals surface area contributed by atoms with Crippen LogP contribution in [0.25, 0.3) is 0 Å². The molecule has 0 amide bonds. The summed E-state index contributed by atoms with van der Waals surface area (Å²) in [7, 11) is 6.70. The Labute approximate surface area is 345 Å². The van der Waals surface area contributed by atoms with Gasteiger partial charge in [0.05, 0.1) is 42.0 Å². The van der Waals surface area contributed by atoms with Crippen molar-refractivity contribution in [3.8, 4) is 0 Å². The molecule has 0 unspecified atom stereocenters. The Morgan fingerprint density at radius 3 is 2.09 bits per heavy atom. The lowest BCUT2D eigenvalue weighted by Crippen LogP contribution is -2.61. The lowest BCUT2D eigenvalue weighted by atomic mass is 9.74. The van der Waals surface area contributed by atoms with Crippen molar-refractivity contribution in [1.29, 1.82) is 0 Å². The summed E-state index contributed by atoms with van der Waals surface area (Å²) < 4.78 is 55.2. The first-order valence-corrected chi connectivity index (χ1v) is 20.6. The summed E-state index contributed by atoms with van der Waals surface area (Å²) in [5.41, 5.74) is -4.45. The summed E-state index contributed by atoms with van der Waals surface area (Å²) in [5, 5.41) is 34.9. The number of carbonyl (C=O) groups is 3. The number of Topliss-reactive ketones (excluding diaryl/α,β-unsaturated/α-hetero) is 1. The van der Waals surface area contributed by atoms with E-state index in [4.69, 9.17) is 42.6 Å². The fraction of sp³-hybridized carbons (Fsp3) is 0.881. The summed E-state index contributed by atoms with van der Waals surface area (Å²) >= 11 is 0. The predicted octanol–water partition coefficient (Wildman–Crippen LogP) is 3.79. The number of carbonyl (C=O) groups excluding carboxylic acids is 3. The van der Waals surface area contributed by atoms with E-state index >= 15 is 0 Å². The Balaban J connectivity index is 2.20. The fourth-order valence-corrected chi connectivity index (χ4v) is 9.06. The lowest BCUT2D eigenvalue weighted by molar-refractivity contribution is -0.319. The van der Waals surface area contributed by atoms with Crippen molar-refractivity contribution in [1.82, 2.24) is 4.90 Å². The number of hydrogen-bond acceptors (Lipinski definition) is 16. The topological polar surface area (TPSA) is 198 Å². The van der Waals surface area contributed by atoms with Gasteiger partial charge in [-0.25, -0.2) is 4.79 Å². The molecule has 3 fully saturated rings. The van der Waals surface area contributed by atoms with Crippen LogP contribution in [0.3, 0.4) is 0 Å². The van der Waals surface area contributed by atoms with Crippen LogP contribution in [0.1, 0.15) is 94.9 Å². The Morgan fingerprint density at radius 2 is 1.53 bits per heavy atom. The second kappa shape index (κ2) is 20.5. The molecule has 3 heterocycles. The Kier molecular flexibility index (Phi) is 17.7. The van der Waals surface area contributed by atoms with Crippen LogP contribution in [-0.2, 0) is 52.2 Å². The van der Waals surface area contributed by atoms with E-state index in [-0.39, 0.29) is 43.8 Å². The third kappa shape index (κ3) is 11.2. The molecule has 16 heteroatoms. The number of ether oxygens (including phenoxy) is 9. The first-order chi connectivity index (χ1) is 26.9. The molecule has 0 bridgehead atoms. The van der Waals surface area contributed by atoms with Crippen LogP contribution >= 0.6 is 0 Å². The van der Waals surface area contributed by atoms with Crippen LogP contribution in [0.15, 0.2) is 12.7 Å². The van der Waals surface area contributed by atoms with Crippen molar-refractivity contribution in [2.24, 2.45) is 23.7 Å². The highest BCUT2D eigenvalue weighted by Gasteiger charge is 2.55. The number of aliphatic hydroxyl groups is 3. The van der Waals surface area contributed by atoms with Gasteiger partial charge in [-0.15, -0.1) is 0 Å². The first-order valence-electron chi connectivity index (χ1n) is 20.6. The monoisotopic (exact) mass is 831 g/mol. The number of ketones is 1. The van der Waals surface area contributed by atoms with E-state index in [0.29, 0.717) is 6.42 Å². The van der Waals surface area contributed by atoms with E-state index < -0.39 is 108 Å². The minimum atomic E-state index is -2.00.